The maximum absolute atomic E-state index is 3.50. The molecule has 2 atom stereocenters. The van der Waals surface area contributed by atoms with Crippen LogP contribution in [-0.4, -0.2) is 37.6 Å². The van der Waals surface area contributed by atoms with E-state index in [0.717, 1.165) is 6.04 Å². The summed E-state index contributed by atoms with van der Waals surface area (Å²) < 4.78 is 0. The van der Waals surface area contributed by atoms with Gasteiger partial charge in [0.15, 0.2) is 0 Å². The minimum Gasteiger partial charge on any atom is -0.316 e. The van der Waals surface area contributed by atoms with Crippen molar-refractivity contribution in [1.82, 2.24) is 10.2 Å². The third-order valence-electron chi connectivity index (χ3n) is 3.98. The first-order valence-corrected chi connectivity index (χ1v) is 5.63. The van der Waals surface area contributed by atoms with Gasteiger partial charge in [-0.2, -0.15) is 0 Å². The zero-order chi connectivity index (χ0) is 9.31. The Morgan fingerprint density at radius 2 is 2.23 bits per heavy atom. The molecule has 0 amide bonds. The highest BCUT2D eigenvalue weighted by atomic mass is 15.2. The number of piperidine rings is 1. The van der Waals surface area contributed by atoms with Crippen molar-refractivity contribution in [3.8, 4) is 0 Å². The standard InChI is InChI=1S/C11H22N2/c1-11(6-7-12-9-11)10-5-3-4-8-13(10)2/h10,12H,3-9H2,1-2H3/t10?,11-/m1/s1. The molecule has 2 nitrogen and oxygen atoms in total. The van der Waals surface area contributed by atoms with Crippen LogP contribution in [0.3, 0.4) is 0 Å². The SMILES string of the molecule is CN1CCCCC1[C@]1(C)CCNC1. The van der Waals surface area contributed by atoms with Crippen molar-refractivity contribution in [2.45, 2.75) is 38.6 Å². The average Bonchev–Trinajstić information content (AvgIpc) is 2.54. The number of likely N-dealkylation sites (tertiary alicyclic amines) is 1. The highest BCUT2D eigenvalue weighted by molar-refractivity contribution is 4.95. The van der Waals surface area contributed by atoms with Crippen molar-refractivity contribution in [3.63, 3.8) is 0 Å². The lowest BCUT2D eigenvalue weighted by Gasteiger charge is -2.43. The van der Waals surface area contributed by atoms with Gasteiger partial charge in [-0.25, -0.2) is 0 Å². The fourth-order valence-electron chi connectivity index (χ4n) is 3.08. The molecule has 2 aliphatic heterocycles. The van der Waals surface area contributed by atoms with Gasteiger partial charge in [0.05, 0.1) is 0 Å². The highest BCUT2D eigenvalue weighted by Gasteiger charge is 2.39. The molecule has 0 aromatic rings. The summed E-state index contributed by atoms with van der Waals surface area (Å²) in [5.74, 6) is 0. The van der Waals surface area contributed by atoms with Crippen LogP contribution in [0, 0.1) is 5.41 Å². The molecule has 0 aromatic carbocycles. The lowest BCUT2D eigenvalue weighted by Crippen LogP contribution is -2.48. The van der Waals surface area contributed by atoms with Crippen molar-refractivity contribution < 1.29 is 0 Å². The summed E-state index contributed by atoms with van der Waals surface area (Å²) in [6, 6.07) is 0.830. The second kappa shape index (κ2) is 3.58. The third-order valence-corrected chi connectivity index (χ3v) is 3.98. The largest absolute Gasteiger partial charge is 0.316 e. The Balaban J connectivity index is 2.04. The van der Waals surface area contributed by atoms with Crippen LogP contribution in [0.15, 0.2) is 0 Å². The minimum absolute atomic E-state index is 0.551. The summed E-state index contributed by atoms with van der Waals surface area (Å²) in [4.78, 5) is 2.58. The van der Waals surface area contributed by atoms with Crippen LogP contribution in [-0.2, 0) is 0 Å². The number of hydrogen-bond donors (Lipinski definition) is 1. The minimum atomic E-state index is 0.551. The second-order valence-corrected chi connectivity index (χ2v) is 5.07. The van der Waals surface area contributed by atoms with Crippen LogP contribution < -0.4 is 5.32 Å². The first kappa shape index (κ1) is 9.47. The maximum atomic E-state index is 3.50. The monoisotopic (exact) mass is 182 g/mol. The molecule has 0 spiro atoms. The molecule has 0 radical (unpaired) electrons. The predicted octanol–water partition coefficient (Wildman–Crippen LogP) is 1.47. The van der Waals surface area contributed by atoms with Crippen LogP contribution in [0.2, 0.25) is 0 Å². The van der Waals surface area contributed by atoms with Crippen LogP contribution in [0.25, 0.3) is 0 Å². The lowest BCUT2D eigenvalue weighted by atomic mass is 9.77. The Morgan fingerprint density at radius 3 is 2.85 bits per heavy atom. The lowest BCUT2D eigenvalue weighted by molar-refractivity contribution is 0.0766. The van der Waals surface area contributed by atoms with Gasteiger partial charge in [0.1, 0.15) is 0 Å². The van der Waals surface area contributed by atoms with Gasteiger partial charge >= 0.3 is 0 Å². The molecule has 2 rings (SSSR count). The molecule has 13 heavy (non-hydrogen) atoms. The zero-order valence-corrected chi connectivity index (χ0v) is 8.97. The van der Waals surface area contributed by atoms with Gasteiger partial charge in [0, 0.05) is 12.6 Å². The Kier molecular flexibility index (Phi) is 2.61. The molecule has 0 bridgehead atoms. The molecule has 2 aliphatic rings. The molecule has 2 heteroatoms. The van der Waals surface area contributed by atoms with Crippen LogP contribution in [0.5, 0.6) is 0 Å². The van der Waals surface area contributed by atoms with E-state index in [9.17, 15) is 0 Å². The van der Waals surface area contributed by atoms with E-state index in [1.165, 1.54) is 45.3 Å². The molecule has 76 valence electrons. The first-order valence-electron chi connectivity index (χ1n) is 5.63. The maximum Gasteiger partial charge on any atom is 0.0159 e. The summed E-state index contributed by atoms with van der Waals surface area (Å²) >= 11 is 0. The molecular weight excluding hydrogens is 160 g/mol. The average molecular weight is 182 g/mol. The summed E-state index contributed by atoms with van der Waals surface area (Å²) in [7, 11) is 2.30. The van der Waals surface area contributed by atoms with Gasteiger partial charge in [-0.1, -0.05) is 13.3 Å². The van der Waals surface area contributed by atoms with E-state index in [2.05, 4.69) is 24.2 Å². The van der Waals surface area contributed by atoms with Gasteiger partial charge in [0.25, 0.3) is 0 Å². The Morgan fingerprint density at radius 1 is 1.38 bits per heavy atom. The van der Waals surface area contributed by atoms with E-state index in [1.54, 1.807) is 0 Å². The molecule has 2 heterocycles. The summed E-state index contributed by atoms with van der Waals surface area (Å²) in [6.07, 6.45) is 5.61. The summed E-state index contributed by atoms with van der Waals surface area (Å²) in [6.45, 7) is 6.21. The van der Waals surface area contributed by atoms with Gasteiger partial charge in [-0.15, -0.1) is 0 Å². The normalized spacial score (nSPS) is 42.5. The summed E-state index contributed by atoms with van der Waals surface area (Å²) in [5, 5.41) is 3.50. The van der Waals surface area contributed by atoms with Crippen LogP contribution in [0.1, 0.15) is 32.6 Å². The van der Waals surface area contributed by atoms with E-state index >= 15 is 0 Å². The molecule has 2 saturated heterocycles. The van der Waals surface area contributed by atoms with Gasteiger partial charge in [0.2, 0.25) is 0 Å². The van der Waals surface area contributed by atoms with E-state index in [-0.39, 0.29) is 0 Å². The fourth-order valence-corrected chi connectivity index (χ4v) is 3.08. The highest BCUT2D eigenvalue weighted by Crippen LogP contribution is 2.36. The van der Waals surface area contributed by atoms with Gasteiger partial charge in [-0.3, -0.25) is 0 Å². The topological polar surface area (TPSA) is 15.3 Å². The number of rotatable bonds is 1. The molecular formula is C11H22N2. The third kappa shape index (κ3) is 1.75. The number of nitrogens with one attached hydrogen (secondary N) is 1. The Bertz CT molecular complexity index is 173. The molecule has 2 fully saturated rings. The predicted molar refractivity (Wildman–Crippen MR) is 55.9 cm³/mol. The molecule has 1 N–H and O–H groups in total. The van der Waals surface area contributed by atoms with E-state index in [0.29, 0.717) is 5.41 Å². The molecule has 0 aromatic heterocycles. The van der Waals surface area contributed by atoms with Crippen LogP contribution in [0.4, 0.5) is 0 Å². The smallest absolute Gasteiger partial charge is 0.0159 e. The van der Waals surface area contributed by atoms with Crippen molar-refractivity contribution >= 4 is 0 Å². The van der Waals surface area contributed by atoms with Crippen LogP contribution >= 0.6 is 0 Å². The van der Waals surface area contributed by atoms with Crippen molar-refractivity contribution in [2.75, 3.05) is 26.7 Å². The fraction of sp³-hybridized carbons (Fsp3) is 1.00. The molecule has 1 unspecified atom stereocenters. The van der Waals surface area contributed by atoms with Crippen molar-refractivity contribution in [3.05, 3.63) is 0 Å². The van der Waals surface area contributed by atoms with Gasteiger partial charge < -0.3 is 10.2 Å². The Labute approximate surface area is 81.7 Å². The van der Waals surface area contributed by atoms with E-state index < -0.39 is 0 Å². The van der Waals surface area contributed by atoms with Crippen molar-refractivity contribution in [1.29, 1.82) is 0 Å². The quantitative estimate of drug-likeness (QED) is 0.660. The number of hydrogen-bond acceptors (Lipinski definition) is 2. The van der Waals surface area contributed by atoms with Crippen molar-refractivity contribution in [2.24, 2.45) is 5.41 Å². The Hall–Kier alpha value is -0.0800. The molecule has 0 saturated carbocycles. The zero-order valence-electron chi connectivity index (χ0n) is 8.97. The second-order valence-electron chi connectivity index (χ2n) is 5.07. The summed E-state index contributed by atoms with van der Waals surface area (Å²) in [5.41, 5.74) is 0.551. The van der Waals surface area contributed by atoms with E-state index in [4.69, 9.17) is 0 Å². The number of nitrogens with zero attached hydrogens (tertiary/aromatic N) is 1. The molecule has 0 aliphatic carbocycles. The first-order chi connectivity index (χ1) is 6.22. The van der Waals surface area contributed by atoms with E-state index in [1.807, 2.05) is 0 Å². The van der Waals surface area contributed by atoms with Gasteiger partial charge in [-0.05, 0) is 44.8 Å².